The molecule has 7 heteroatoms. The molecule has 0 saturated carbocycles. The summed E-state index contributed by atoms with van der Waals surface area (Å²) in [7, 11) is 0. The highest BCUT2D eigenvalue weighted by Crippen LogP contribution is 2.26. The summed E-state index contributed by atoms with van der Waals surface area (Å²) in [6.07, 6.45) is 0.647. The number of amides is 1. The Morgan fingerprint density at radius 2 is 1.93 bits per heavy atom. The number of hydrogen-bond donors (Lipinski definition) is 2. The number of anilines is 2. The van der Waals surface area contributed by atoms with Crippen molar-refractivity contribution in [2.24, 2.45) is 0 Å². The van der Waals surface area contributed by atoms with Gasteiger partial charge in [0, 0.05) is 41.7 Å². The van der Waals surface area contributed by atoms with Crippen molar-refractivity contribution in [3.8, 4) is 0 Å². The highest BCUT2D eigenvalue weighted by Gasteiger charge is 2.13. The minimum Gasteiger partial charge on any atom is -0.369 e. The average Bonchev–Trinajstić information content (AvgIpc) is 2.96. The number of aromatic nitrogens is 2. The van der Waals surface area contributed by atoms with Crippen molar-refractivity contribution in [1.82, 2.24) is 9.97 Å². The third-order valence-electron chi connectivity index (χ3n) is 5.12. The van der Waals surface area contributed by atoms with Crippen molar-refractivity contribution in [1.29, 1.82) is 0 Å². The van der Waals surface area contributed by atoms with Gasteiger partial charge in [-0.1, -0.05) is 0 Å². The minimum absolute atomic E-state index is 0.102. The fraction of sp³-hybridized carbons (Fsp3) is 0.409. The SMILES string of the molecule is CCN(c1ccc(NC(=O)CCc2nc3sc(C)c(C)c3c(=O)[nH]2)cc1)C(C)C. The Kier molecular flexibility index (Phi) is 6.37. The van der Waals surface area contributed by atoms with Gasteiger partial charge in [0.15, 0.2) is 0 Å². The summed E-state index contributed by atoms with van der Waals surface area (Å²) in [5, 5.41) is 3.57. The van der Waals surface area contributed by atoms with Gasteiger partial charge >= 0.3 is 0 Å². The predicted octanol–water partition coefficient (Wildman–Crippen LogP) is 4.41. The molecular weight excluding hydrogens is 384 g/mol. The van der Waals surface area contributed by atoms with Gasteiger partial charge in [-0.2, -0.15) is 0 Å². The molecule has 0 radical (unpaired) electrons. The lowest BCUT2D eigenvalue weighted by atomic mass is 10.2. The lowest BCUT2D eigenvalue weighted by Gasteiger charge is -2.27. The van der Waals surface area contributed by atoms with Crippen LogP contribution in [0.2, 0.25) is 0 Å². The molecule has 1 aromatic carbocycles. The van der Waals surface area contributed by atoms with E-state index in [1.807, 2.05) is 38.1 Å². The predicted molar refractivity (Wildman–Crippen MR) is 121 cm³/mol. The minimum atomic E-state index is -0.131. The van der Waals surface area contributed by atoms with E-state index in [0.717, 1.165) is 33.2 Å². The van der Waals surface area contributed by atoms with Gasteiger partial charge in [-0.3, -0.25) is 9.59 Å². The third-order valence-corrected chi connectivity index (χ3v) is 6.22. The van der Waals surface area contributed by atoms with Crippen LogP contribution in [0.3, 0.4) is 0 Å². The molecule has 0 fully saturated rings. The van der Waals surface area contributed by atoms with Crippen LogP contribution in [-0.2, 0) is 11.2 Å². The standard InChI is InChI=1S/C22H28N4O2S/c1-6-26(13(2)3)17-9-7-16(8-10-17)23-19(27)12-11-18-24-21(28)20-14(4)15(5)29-22(20)25-18/h7-10,13H,6,11-12H2,1-5H3,(H,23,27)(H,24,25,28). The molecule has 0 aliphatic carbocycles. The first kappa shape index (κ1) is 21.0. The van der Waals surface area contributed by atoms with Crippen LogP contribution >= 0.6 is 11.3 Å². The number of nitrogens with zero attached hydrogens (tertiary/aromatic N) is 2. The zero-order valence-corrected chi connectivity index (χ0v) is 18.4. The maximum absolute atomic E-state index is 12.3. The van der Waals surface area contributed by atoms with Crippen molar-refractivity contribution in [3.05, 3.63) is 50.9 Å². The Morgan fingerprint density at radius 3 is 2.55 bits per heavy atom. The molecule has 6 nitrogen and oxygen atoms in total. The van der Waals surface area contributed by atoms with Crippen molar-refractivity contribution in [2.45, 2.75) is 53.5 Å². The molecule has 0 aliphatic rings. The third kappa shape index (κ3) is 4.67. The molecule has 3 rings (SSSR count). The summed E-state index contributed by atoms with van der Waals surface area (Å²) < 4.78 is 0. The lowest BCUT2D eigenvalue weighted by Crippen LogP contribution is -2.30. The molecule has 0 saturated heterocycles. The lowest BCUT2D eigenvalue weighted by molar-refractivity contribution is -0.116. The van der Waals surface area contributed by atoms with Gasteiger partial charge < -0.3 is 15.2 Å². The van der Waals surface area contributed by atoms with Crippen LogP contribution in [0, 0.1) is 13.8 Å². The first-order valence-corrected chi connectivity index (χ1v) is 10.8. The van der Waals surface area contributed by atoms with Crippen LogP contribution in [0.4, 0.5) is 11.4 Å². The summed E-state index contributed by atoms with van der Waals surface area (Å²) in [6, 6.07) is 8.30. The van der Waals surface area contributed by atoms with E-state index in [1.165, 1.54) is 11.3 Å². The normalized spacial score (nSPS) is 11.2. The second kappa shape index (κ2) is 8.78. The average molecular weight is 413 g/mol. The van der Waals surface area contributed by atoms with Gasteiger partial charge in [-0.05, 0) is 64.4 Å². The molecule has 154 valence electrons. The number of thiophene rings is 1. The van der Waals surface area contributed by atoms with Crippen molar-refractivity contribution >= 4 is 38.8 Å². The summed E-state index contributed by atoms with van der Waals surface area (Å²) >= 11 is 1.52. The van der Waals surface area contributed by atoms with Crippen LogP contribution in [0.25, 0.3) is 10.2 Å². The van der Waals surface area contributed by atoms with Gasteiger partial charge in [0.2, 0.25) is 5.91 Å². The second-order valence-corrected chi connectivity index (χ2v) is 8.65. The molecule has 0 spiro atoms. The molecule has 2 heterocycles. The number of nitrogens with one attached hydrogen (secondary N) is 2. The number of carbonyl (C=O) groups is 1. The van der Waals surface area contributed by atoms with Crippen LogP contribution in [-0.4, -0.2) is 28.5 Å². The van der Waals surface area contributed by atoms with Gasteiger partial charge in [-0.15, -0.1) is 11.3 Å². The number of carbonyl (C=O) groups excluding carboxylic acids is 1. The van der Waals surface area contributed by atoms with E-state index in [9.17, 15) is 9.59 Å². The summed E-state index contributed by atoms with van der Waals surface area (Å²) in [5.41, 5.74) is 2.75. The summed E-state index contributed by atoms with van der Waals surface area (Å²) in [6.45, 7) is 11.3. The Labute approximate surface area is 175 Å². The number of fused-ring (bicyclic) bond motifs is 1. The molecular formula is C22H28N4O2S. The highest BCUT2D eigenvalue weighted by atomic mass is 32.1. The first-order valence-electron chi connectivity index (χ1n) is 9.95. The molecule has 0 unspecified atom stereocenters. The Bertz CT molecular complexity index is 1070. The summed E-state index contributed by atoms with van der Waals surface area (Å²) in [5.74, 6) is 0.444. The Balaban J connectivity index is 1.63. The molecule has 1 amide bonds. The topological polar surface area (TPSA) is 78.1 Å². The second-order valence-electron chi connectivity index (χ2n) is 7.45. The number of H-pyrrole nitrogens is 1. The van der Waals surface area contributed by atoms with Gasteiger partial charge in [0.05, 0.1) is 5.39 Å². The number of hydrogen-bond acceptors (Lipinski definition) is 5. The smallest absolute Gasteiger partial charge is 0.259 e. The molecule has 2 N–H and O–H groups in total. The molecule has 3 aromatic rings. The zero-order chi connectivity index (χ0) is 21.1. The first-order chi connectivity index (χ1) is 13.8. The zero-order valence-electron chi connectivity index (χ0n) is 17.6. The van der Waals surface area contributed by atoms with Crippen LogP contribution in [0.1, 0.15) is 43.5 Å². The highest BCUT2D eigenvalue weighted by molar-refractivity contribution is 7.18. The molecule has 0 atom stereocenters. The number of aryl methyl sites for hydroxylation is 3. The van der Waals surface area contributed by atoms with E-state index < -0.39 is 0 Å². The van der Waals surface area contributed by atoms with E-state index in [1.54, 1.807) is 0 Å². The van der Waals surface area contributed by atoms with E-state index >= 15 is 0 Å². The number of rotatable bonds is 7. The van der Waals surface area contributed by atoms with Crippen molar-refractivity contribution in [3.63, 3.8) is 0 Å². The van der Waals surface area contributed by atoms with E-state index in [-0.39, 0.29) is 17.9 Å². The van der Waals surface area contributed by atoms with Crippen molar-refractivity contribution < 1.29 is 4.79 Å². The molecule has 0 aliphatic heterocycles. The maximum atomic E-state index is 12.3. The van der Waals surface area contributed by atoms with E-state index in [2.05, 4.69) is 41.0 Å². The number of benzene rings is 1. The number of aromatic amines is 1. The van der Waals surface area contributed by atoms with Crippen LogP contribution in [0.5, 0.6) is 0 Å². The van der Waals surface area contributed by atoms with Crippen LogP contribution < -0.4 is 15.8 Å². The Hall–Kier alpha value is -2.67. The van der Waals surface area contributed by atoms with E-state index in [0.29, 0.717) is 23.7 Å². The summed E-state index contributed by atoms with van der Waals surface area (Å²) in [4.78, 5) is 36.1. The van der Waals surface area contributed by atoms with Gasteiger partial charge in [0.1, 0.15) is 10.7 Å². The Morgan fingerprint density at radius 1 is 1.24 bits per heavy atom. The fourth-order valence-electron chi connectivity index (χ4n) is 3.46. The molecule has 29 heavy (non-hydrogen) atoms. The largest absolute Gasteiger partial charge is 0.369 e. The quantitative estimate of drug-likeness (QED) is 0.603. The van der Waals surface area contributed by atoms with E-state index in [4.69, 9.17) is 0 Å². The molecule has 2 aromatic heterocycles. The van der Waals surface area contributed by atoms with Crippen LogP contribution in [0.15, 0.2) is 29.1 Å². The monoisotopic (exact) mass is 412 g/mol. The van der Waals surface area contributed by atoms with Gasteiger partial charge in [-0.25, -0.2) is 4.98 Å². The molecule has 0 bridgehead atoms. The van der Waals surface area contributed by atoms with Crippen molar-refractivity contribution in [2.75, 3.05) is 16.8 Å². The van der Waals surface area contributed by atoms with Gasteiger partial charge in [0.25, 0.3) is 5.56 Å². The maximum Gasteiger partial charge on any atom is 0.259 e. The fourth-order valence-corrected chi connectivity index (χ4v) is 4.50.